The van der Waals surface area contributed by atoms with Gasteiger partial charge < -0.3 is 15.2 Å². The topological polar surface area (TPSA) is 41.5 Å². The monoisotopic (exact) mass is 293 g/mol. The standard InChI is InChI=1S/C16H17F2NO2/c1-21-14-7-5-13(6-8-14)19-15(10-20)11-3-2-4-12(9-11)16(17)18/h2-9,15-16,19-20H,10H2,1H3. The van der Waals surface area contributed by atoms with Gasteiger partial charge in [0.15, 0.2) is 0 Å². The normalized spacial score (nSPS) is 12.2. The zero-order valence-electron chi connectivity index (χ0n) is 11.6. The second kappa shape index (κ2) is 7.04. The fourth-order valence-corrected chi connectivity index (χ4v) is 2.03. The average molecular weight is 293 g/mol. The van der Waals surface area contributed by atoms with Crippen molar-refractivity contribution < 1.29 is 18.6 Å². The zero-order valence-corrected chi connectivity index (χ0v) is 11.6. The van der Waals surface area contributed by atoms with Crippen LogP contribution in [0.25, 0.3) is 0 Å². The van der Waals surface area contributed by atoms with E-state index in [-0.39, 0.29) is 12.2 Å². The molecule has 2 N–H and O–H groups in total. The van der Waals surface area contributed by atoms with Crippen molar-refractivity contribution in [2.45, 2.75) is 12.5 Å². The summed E-state index contributed by atoms with van der Waals surface area (Å²) in [7, 11) is 1.58. The molecule has 0 saturated carbocycles. The molecule has 1 atom stereocenters. The summed E-state index contributed by atoms with van der Waals surface area (Å²) in [4.78, 5) is 0. The number of alkyl halides is 2. The van der Waals surface area contributed by atoms with Crippen LogP contribution in [0.15, 0.2) is 48.5 Å². The summed E-state index contributed by atoms with van der Waals surface area (Å²) in [6.45, 7) is -0.196. The Morgan fingerprint density at radius 2 is 1.76 bits per heavy atom. The molecule has 3 nitrogen and oxygen atoms in total. The fraction of sp³-hybridized carbons (Fsp3) is 0.250. The minimum atomic E-state index is -2.52. The van der Waals surface area contributed by atoms with Gasteiger partial charge in [0.2, 0.25) is 0 Å². The number of methoxy groups -OCH3 is 1. The van der Waals surface area contributed by atoms with Crippen molar-refractivity contribution >= 4 is 5.69 Å². The van der Waals surface area contributed by atoms with Gasteiger partial charge in [0.05, 0.1) is 19.8 Å². The third kappa shape index (κ3) is 3.92. The maximum absolute atomic E-state index is 12.7. The molecule has 0 saturated heterocycles. The van der Waals surface area contributed by atoms with Crippen LogP contribution in [0.3, 0.4) is 0 Å². The number of aliphatic hydroxyl groups excluding tert-OH is 1. The first-order valence-electron chi connectivity index (χ1n) is 6.53. The number of anilines is 1. The lowest BCUT2D eigenvalue weighted by Crippen LogP contribution is -2.15. The van der Waals surface area contributed by atoms with Crippen molar-refractivity contribution in [1.82, 2.24) is 0 Å². The maximum Gasteiger partial charge on any atom is 0.263 e. The van der Waals surface area contributed by atoms with Gasteiger partial charge in [-0.05, 0) is 35.9 Å². The van der Waals surface area contributed by atoms with Crippen LogP contribution >= 0.6 is 0 Å². The molecular weight excluding hydrogens is 276 g/mol. The van der Waals surface area contributed by atoms with E-state index in [0.29, 0.717) is 5.56 Å². The Hall–Kier alpha value is -2.14. The minimum absolute atomic E-state index is 0.0533. The Morgan fingerprint density at radius 3 is 2.33 bits per heavy atom. The van der Waals surface area contributed by atoms with Crippen LogP contribution < -0.4 is 10.1 Å². The van der Waals surface area contributed by atoms with E-state index in [9.17, 15) is 13.9 Å². The van der Waals surface area contributed by atoms with Crippen LogP contribution in [-0.2, 0) is 0 Å². The number of benzene rings is 2. The van der Waals surface area contributed by atoms with Crippen molar-refractivity contribution in [2.75, 3.05) is 19.0 Å². The van der Waals surface area contributed by atoms with E-state index in [1.54, 1.807) is 43.5 Å². The molecule has 2 rings (SSSR count). The number of rotatable bonds is 6. The third-order valence-electron chi connectivity index (χ3n) is 3.18. The first kappa shape index (κ1) is 15.3. The van der Waals surface area contributed by atoms with Gasteiger partial charge in [0, 0.05) is 11.3 Å². The van der Waals surface area contributed by atoms with Crippen LogP contribution in [0.4, 0.5) is 14.5 Å². The van der Waals surface area contributed by atoms with Gasteiger partial charge in [-0.2, -0.15) is 0 Å². The molecule has 1 unspecified atom stereocenters. The van der Waals surface area contributed by atoms with Crippen LogP contribution in [0.2, 0.25) is 0 Å². The highest BCUT2D eigenvalue weighted by Gasteiger charge is 2.13. The Balaban J connectivity index is 2.17. The van der Waals surface area contributed by atoms with E-state index < -0.39 is 12.5 Å². The number of hydrogen-bond acceptors (Lipinski definition) is 3. The minimum Gasteiger partial charge on any atom is -0.497 e. The third-order valence-corrected chi connectivity index (χ3v) is 3.18. The second-order valence-electron chi connectivity index (χ2n) is 4.58. The average Bonchev–Trinajstić information content (AvgIpc) is 2.53. The molecule has 0 aliphatic heterocycles. The van der Waals surface area contributed by atoms with E-state index in [1.165, 1.54) is 12.1 Å². The molecule has 0 aliphatic carbocycles. The highest BCUT2D eigenvalue weighted by Crippen LogP contribution is 2.25. The van der Waals surface area contributed by atoms with Gasteiger partial charge in [-0.3, -0.25) is 0 Å². The smallest absolute Gasteiger partial charge is 0.263 e. The number of hydrogen-bond donors (Lipinski definition) is 2. The SMILES string of the molecule is COc1ccc(NC(CO)c2cccc(C(F)F)c2)cc1. The van der Waals surface area contributed by atoms with Crippen LogP contribution in [0.1, 0.15) is 23.6 Å². The van der Waals surface area contributed by atoms with Gasteiger partial charge in [-0.25, -0.2) is 8.78 Å². The molecule has 0 spiro atoms. The van der Waals surface area contributed by atoms with E-state index in [1.807, 2.05) is 0 Å². The first-order valence-corrected chi connectivity index (χ1v) is 6.53. The molecule has 0 aliphatic rings. The lowest BCUT2D eigenvalue weighted by atomic mass is 10.0. The molecule has 5 heteroatoms. The van der Waals surface area contributed by atoms with Gasteiger partial charge in [-0.15, -0.1) is 0 Å². The fourth-order valence-electron chi connectivity index (χ4n) is 2.03. The van der Waals surface area contributed by atoms with Crippen molar-refractivity contribution in [3.8, 4) is 5.75 Å². The zero-order chi connectivity index (χ0) is 15.2. The lowest BCUT2D eigenvalue weighted by Gasteiger charge is -2.19. The molecule has 0 aromatic heterocycles. The molecule has 0 bridgehead atoms. The summed E-state index contributed by atoms with van der Waals surface area (Å²) >= 11 is 0. The van der Waals surface area contributed by atoms with E-state index in [2.05, 4.69) is 5.32 Å². The molecule has 0 radical (unpaired) electrons. The number of halogens is 2. The van der Waals surface area contributed by atoms with Crippen LogP contribution in [-0.4, -0.2) is 18.8 Å². The number of ether oxygens (including phenoxy) is 1. The van der Waals surface area contributed by atoms with E-state index in [4.69, 9.17) is 4.74 Å². The van der Waals surface area contributed by atoms with Gasteiger partial charge in [0.1, 0.15) is 5.75 Å². The number of aliphatic hydroxyl groups is 1. The van der Waals surface area contributed by atoms with Gasteiger partial charge in [0.25, 0.3) is 6.43 Å². The first-order chi connectivity index (χ1) is 10.1. The van der Waals surface area contributed by atoms with Crippen LogP contribution in [0.5, 0.6) is 5.75 Å². The highest BCUT2D eigenvalue weighted by molar-refractivity contribution is 5.48. The predicted molar refractivity (Wildman–Crippen MR) is 77.8 cm³/mol. The van der Waals surface area contributed by atoms with Crippen molar-refractivity contribution in [3.63, 3.8) is 0 Å². The summed E-state index contributed by atoms with van der Waals surface area (Å²) in [6.07, 6.45) is -2.52. The molecule has 21 heavy (non-hydrogen) atoms. The van der Waals surface area contributed by atoms with Gasteiger partial charge >= 0.3 is 0 Å². The quantitative estimate of drug-likeness (QED) is 0.851. The molecule has 0 amide bonds. The molecule has 0 heterocycles. The summed E-state index contributed by atoms with van der Waals surface area (Å²) in [5, 5.41) is 12.6. The van der Waals surface area contributed by atoms with Crippen molar-refractivity contribution in [3.05, 3.63) is 59.7 Å². The molecule has 2 aromatic carbocycles. The summed E-state index contributed by atoms with van der Waals surface area (Å²) < 4.78 is 30.5. The predicted octanol–water partition coefficient (Wildman–Crippen LogP) is 3.78. The maximum atomic E-state index is 12.7. The van der Waals surface area contributed by atoms with Gasteiger partial charge in [-0.1, -0.05) is 18.2 Å². The van der Waals surface area contributed by atoms with Crippen molar-refractivity contribution in [1.29, 1.82) is 0 Å². The van der Waals surface area contributed by atoms with E-state index >= 15 is 0 Å². The molecule has 112 valence electrons. The largest absolute Gasteiger partial charge is 0.497 e. The molecule has 2 aromatic rings. The highest BCUT2D eigenvalue weighted by atomic mass is 19.3. The van der Waals surface area contributed by atoms with E-state index in [0.717, 1.165) is 11.4 Å². The molecular formula is C16H17F2NO2. The Bertz CT molecular complexity index is 573. The Labute approximate surface area is 122 Å². The Kier molecular flexibility index (Phi) is 5.11. The summed E-state index contributed by atoms with van der Waals surface area (Å²) in [5.74, 6) is 0.723. The second-order valence-corrected chi connectivity index (χ2v) is 4.58. The molecule has 0 fully saturated rings. The lowest BCUT2D eigenvalue weighted by molar-refractivity contribution is 0.151. The number of nitrogens with one attached hydrogen (secondary N) is 1. The van der Waals surface area contributed by atoms with Crippen LogP contribution in [0, 0.1) is 0 Å². The summed E-state index contributed by atoms with van der Waals surface area (Å²) in [5.41, 5.74) is 1.34. The van der Waals surface area contributed by atoms with Crippen molar-refractivity contribution in [2.24, 2.45) is 0 Å². The Morgan fingerprint density at radius 1 is 1.10 bits per heavy atom. The summed E-state index contributed by atoms with van der Waals surface area (Å²) in [6, 6.07) is 12.8.